The molecule has 0 unspecified atom stereocenters. The van der Waals surface area contributed by atoms with Gasteiger partial charge in [0.1, 0.15) is 17.9 Å². The molecule has 1 aliphatic heterocycles. The molecule has 1 N–H and O–H groups in total. The smallest absolute Gasteiger partial charge is 0.358 e. The SMILES string of the molecule is CCOC(=O)c1ncn2c1Cn1c(CCO)nnc1-c1cc(OC)ccc1-2. The maximum absolute atomic E-state index is 12.4. The van der Waals surface area contributed by atoms with Crippen LogP contribution in [0.3, 0.4) is 0 Å². The van der Waals surface area contributed by atoms with E-state index in [0.717, 1.165) is 11.3 Å². The van der Waals surface area contributed by atoms with Gasteiger partial charge in [0.25, 0.3) is 0 Å². The third-order valence-electron chi connectivity index (χ3n) is 4.51. The van der Waals surface area contributed by atoms with E-state index in [1.54, 1.807) is 20.4 Å². The molecule has 140 valence electrons. The predicted molar refractivity (Wildman–Crippen MR) is 95.0 cm³/mol. The molecule has 0 spiro atoms. The van der Waals surface area contributed by atoms with Crippen LogP contribution in [0.5, 0.6) is 5.75 Å². The van der Waals surface area contributed by atoms with Gasteiger partial charge in [-0.3, -0.25) is 4.57 Å². The highest BCUT2D eigenvalue weighted by molar-refractivity contribution is 5.89. The van der Waals surface area contributed by atoms with E-state index in [9.17, 15) is 9.90 Å². The number of rotatable bonds is 5. The van der Waals surface area contributed by atoms with Crippen LogP contribution in [-0.4, -0.2) is 55.7 Å². The van der Waals surface area contributed by atoms with Crippen molar-refractivity contribution in [2.75, 3.05) is 20.3 Å². The number of nitrogens with zero attached hydrogens (tertiary/aromatic N) is 5. The molecular formula is C18H19N5O4. The summed E-state index contributed by atoms with van der Waals surface area (Å²) in [4.78, 5) is 16.7. The Morgan fingerprint density at radius 1 is 1.33 bits per heavy atom. The van der Waals surface area contributed by atoms with Gasteiger partial charge in [-0.1, -0.05) is 0 Å². The van der Waals surface area contributed by atoms with Crippen molar-refractivity contribution in [2.45, 2.75) is 19.9 Å². The van der Waals surface area contributed by atoms with Crippen LogP contribution in [0.4, 0.5) is 0 Å². The third-order valence-corrected chi connectivity index (χ3v) is 4.51. The van der Waals surface area contributed by atoms with Gasteiger partial charge < -0.3 is 19.1 Å². The summed E-state index contributed by atoms with van der Waals surface area (Å²) in [6.07, 6.45) is 1.97. The molecule has 0 saturated carbocycles. The standard InChI is InChI=1S/C18H19N5O4/c1-3-27-18(25)16-14-9-22-15(6-7-24)20-21-17(22)12-8-11(26-2)4-5-13(12)23(14)10-19-16/h4-5,8,10,24H,3,6-7,9H2,1-2H3. The molecule has 1 aliphatic rings. The number of hydrogen-bond acceptors (Lipinski definition) is 7. The van der Waals surface area contributed by atoms with Gasteiger partial charge >= 0.3 is 5.97 Å². The van der Waals surface area contributed by atoms with Crippen LogP contribution in [-0.2, 0) is 17.7 Å². The average molecular weight is 369 g/mol. The number of aromatic nitrogens is 5. The number of carbonyl (C=O) groups is 1. The van der Waals surface area contributed by atoms with Crippen molar-refractivity contribution < 1.29 is 19.4 Å². The molecule has 9 nitrogen and oxygen atoms in total. The molecule has 2 aromatic heterocycles. The normalized spacial score (nSPS) is 12.0. The lowest BCUT2D eigenvalue weighted by Crippen LogP contribution is -2.14. The molecule has 27 heavy (non-hydrogen) atoms. The van der Waals surface area contributed by atoms with Gasteiger partial charge in [-0.15, -0.1) is 10.2 Å². The van der Waals surface area contributed by atoms with Gasteiger partial charge in [-0.25, -0.2) is 9.78 Å². The van der Waals surface area contributed by atoms with Crippen molar-refractivity contribution in [3.8, 4) is 22.8 Å². The molecule has 0 radical (unpaired) electrons. The Kier molecular flexibility index (Phi) is 4.36. The number of fused-ring (bicyclic) bond motifs is 5. The summed E-state index contributed by atoms with van der Waals surface area (Å²) < 4.78 is 14.3. The molecular weight excluding hydrogens is 350 g/mol. The number of esters is 1. The van der Waals surface area contributed by atoms with Crippen molar-refractivity contribution in [1.29, 1.82) is 0 Å². The molecule has 0 amide bonds. The number of imidazole rings is 1. The number of benzene rings is 1. The van der Waals surface area contributed by atoms with E-state index in [4.69, 9.17) is 9.47 Å². The van der Waals surface area contributed by atoms with Crippen molar-refractivity contribution >= 4 is 5.97 Å². The minimum Gasteiger partial charge on any atom is -0.497 e. The molecule has 0 bridgehead atoms. The number of carbonyl (C=O) groups excluding carboxylic acids is 1. The molecule has 9 heteroatoms. The quantitative estimate of drug-likeness (QED) is 0.527. The van der Waals surface area contributed by atoms with Crippen LogP contribution in [0.15, 0.2) is 24.5 Å². The Labute approximate surface area is 155 Å². The lowest BCUT2D eigenvalue weighted by molar-refractivity contribution is 0.0518. The van der Waals surface area contributed by atoms with E-state index in [0.29, 0.717) is 36.1 Å². The molecule has 3 heterocycles. The maximum Gasteiger partial charge on any atom is 0.358 e. The number of aliphatic hydroxyl groups is 1. The zero-order chi connectivity index (χ0) is 19.0. The first kappa shape index (κ1) is 17.2. The third kappa shape index (κ3) is 2.76. The van der Waals surface area contributed by atoms with Gasteiger partial charge in [-0.2, -0.15) is 0 Å². The molecule has 0 atom stereocenters. The first-order valence-corrected chi connectivity index (χ1v) is 8.63. The lowest BCUT2D eigenvalue weighted by Gasteiger charge is -2.10. The summed E-state index contributed by atoms with van der Waals surface area (Å²) in [6, 6.07) is 5.61. The Hall–Kier alpha value is -3.20. The highest BCUT2D eigenvalue weighted by Gasteiger charge is 2.28. The summed E-state index contributed by atoms with van der Waals surface area (Å²) in [5.41, 5.74) is 2.56. The summed E-state index contributed by atoms with van der Waals surface area (Å²) in [7, 11) is 1.60. The monoisotopic (exact) mass is 369 g/mol. The van der Waals surface area contributed by atoms with Crippen LogP contribution in [0.2, 0.25) is 0 Å². The van der Waals surface area contributed by atoms with Crippen LogP contribution in [0.25, 0.3) is 17.1 Å². The number of ether oxygens (including phenoxy) is 2. The highest BCUT2D eigenvalue weighted by atomic mass is 16.5. The largest absolute Gasteiger partial charge is 0.497 e. The Morgan fingerprint density at radius 2 is 2.19 bits per heavy atom. The molecule has 4 rings (SSSR count). The van der Waals surface area contributed by atoms with Crippen molar-refractivity contribution in [3.63, 3.8) is 0 Å². The van der Waals surface area contributed by atoms with E-state index >= 15 is 0 Å². The van der Waals surface area contributed by atoms with Crippen LogP contribution < -0.4 is 4.74 Å². The summed E-state index contributed by atoms with van der Waals surface area (Å²) in [5, 5.41) is 17.9. The van der Waals surface area contributed by atoms with Gasteiger partial charge in [0.15, 0.2) is 11.5 Å². The summed E-state index contributed by atoms with van der Waals surface area (Å²) >= 11 is 0. The molecule has 0 fully saturated rings. The number of hydrogen-bond donors (Lipinski definition) is 1. The van der Waals surface area contributed by atoms with Gasteiger partial charge in [0.05, 0.1) is 38.2 Å². The van der Waals surface area contributed by atoms with E-state index in [2.05, 4.69) is 15.2 Å². The van der Waals surface area contributed by atoms with Crippen molar-refractivity contribution in [2.24, 2.45) is 0 Å². The minimum absolute atomic E-state index is 0.0485. The van der Waals surface area contributed by atoms with Gasteiger partial charge in [-0.05, 0) is 25.1 Å². The first-order chi connectivity index (χ1) is 13.2. The van der Waals surface area contributed by atoms with E-state index < -0.39 is 5.97 Å². The number of methoxy groups -OCH3 is 1. The predicted octanol–water partition coefficient (Wildman–Crippen LogP) is 1.21. The van der Waals surface area contributed by atoms with Crippen LogP contribution in [0.1, 0.15) is 28.9 Å². The second-order valence-corrected chi connectivity index (χ2v) is 6.01. The molecule has 0 aliphatic carbocycles. The Balaban J connectivity index is 1.96. The number of aliphatic hydroxyl groups excluding tert-OH is 1. The Bertz CT molecular complexity index is 1010. The fourth-order valence-corrected chi connectivity index (χ4v) is 3.27. The topological polar surface area (TPSA) is 104 Å². The van der Waals surface area contributed by atoms with Crippen molar-refractivity contribution in [3.05, 3.63) is 41.7 Å². The van der Waals surface area contributed by atoms with E-state index in [1.807, 2.05) is 27.3 Å². The second-order valence-electron chi connectivity index (χ2n) is 6.01. The van der Waals surface area contributed by atoms with Crippen molar-refractivity contribution in [1.82, 2.24) is 24.3 Å². The fraction of sp³-hybridized carbons (Fsp3) is 0.333. The first-order valence-electron chi connectivity index (χ1n) is 8.63. The van der Waals surface area contributed by atoms with E-state index in [1.165, 1.54) is 0 Å². The average Bonchev–Trinajstić information content (AvgIpc) is 3.24. The van der Waals surface area contributed by atoms with Gasteiger partial charge in [0, 0.05) is 12.0 Å². The molecule has 0 saturated heterocycles. The zero-order valence-corrected chi connectivity index (χ0v) is 15.0. The van der Waals surface area contributed by atoms with Crippen LogP contribution >= 0.6 is 0 Å². The maximum atomic E-state index is 12.4. The lowest BCUT2D eigenvalue weighted by atomic mass is 10.1. The fourth-order valence-electron chi connectivity index (χ4n) is 3.27. The summed E-state index contributed by atoms with van der Waals surface area (Å²) in [5.74, 6) is 1.49. The highest BCUT2D eigenvalue weighted by Crippen LogP contribution is 2.34. The van der Waals surface area contributed by atoms with Crippen LogP contribution in [0, 0.1) is 0 Å². The molecule has 1 aromatic carbocycles. The second kappa shape index (κ2) is 6.84. The van der Waals surface area contributed by atoms with Gasteiger partial charge in [0.2, 0.25) is 0 Å². The minimum atomic E-state index is -0.471. The zero-order valence-electron chi connectivity index (χ0n) is 15.0. The van der Waals surface area contributed by atoms with E-state index in [-0.39, 0.29) is 18.9 Å². The molecule has 3 aromatic rings. The summed E-state index contributed by atoms with van der Waals surface area (Å²) in [6.45, 7) is 2.31. The Morgan fingerprint density at radius 3 is 2.93 bits per heavy atom.